The molecule has 0 bridgehead atoms. The number of fused-ring (bicyclic) bond motifs is 3. The van der Waals surface area contributed by atoms with Gasteiger partial charge in [0.2, 0.25) is 0 Å². The average Bonchev–Trinajstić information content (AvgIpc) is 3.64. The van der Waals surface area contributed by atoms with Crippen LogP contribution in [-0.4, -0.2) is 23.2 Å². The molecule has 0 amide bonds. The number of hydrogen-bond acceptors (Lipinski definition) is 3. The molecule has 1 radical (unpaired) electrons. The third kappa shape index (κ3) is 8.85. The van der Waals surface area contributed by atoms with E-state index < -0.39 is 13.3 Å². The monoisotopic (exact) mass is 993 g/mol. The Morgan fingerprint density at radius 1 is 0.586 bits per heavy atom. The number of furan rings is 1. The minimum absolute atomic E-state index is 0. The minimum Gasteiger partial charge on any atom is 0 e. The quantitative estimate of drug-likeness (QED) is 0.123. The van der Waals surface area contributed by atoms with Gasteiger partial charge in [-0.1, -0.05) is 116 Å². The topological polar surface area (TPSA) is 38.9 Å². The van der Waals surface area contributed by atoms with Crippen molar-refractivity contribution in [3.63, 3.8) is 0 Å². The van der Waals surface area contributed by atoms with Crippen LogP contribution < -0.4 is 4.40 Å². The summed E-state index contributed by atoms with van der Waals surface area (Å²) in [5.41, 5.74) is 13.8. The molecule has 58 heavy (non-hydrogen) atoms. The molecule has 3 nitrogen and oxygen atoms in total. The van der Waals surface area contributed by atoms with Crippen molar-refractivity contribution in [2.75, 3.05) is 0 Å². The first-order chi connectivity index (χ1) is 27.5. The maximum Gasteiger partial charge on any atom is 0 e. The normalized spacial score (nSPS) is 11.5. The third-order valence-electron chi connectivity index (χ3n) is 10.4. The summed E-state index contributed by atoms with van der Waals surface area (Å²) in [7, 11) is 0. The van der Waals surface area contributed by atoms with Crippen LogP contribution in [0.5, 0.6) is 0 Å². The van der Waals surface area contributed by atoms with Gasteiger partial charge in [-0.25, -0.2) is 0 Å². The summed E-state index contributed by atoms with van der Waals surface area (Å²) in [5, 5.41) is 2.21. The molecule has 0 N–H and O–H groups in total. The maximum absolute atomic E-state index is 6.47. The van der Waals surface area contributed by atoms with Crippen LogP contribution in [0.15, 0.2) is 175 Å². The zero-order chi connectivity index (χ0) is 39.6. The second-order valence-electron chi connectivity index (χ2n) is 16.5. The van der Waals surface area contributed by atoms with Crippen molar-refractivity contribution in [2.45, 2.75) is 43.5 Å². The van der Waals surface area contributed by atoms with Crippen molar-refractivity contribution in [3.05, 3.63) is 188 Å². The molecule has 0 atom stereocenters. The van der Waals surface area contributed by atoms with E-state index in [-0.39, 0.29) is 25.5 Å². The van der Waals surface area contributed by atoms with Gasteiger partial charge in [0.15, 0.2) is 0 Å². The summed E-state index contributed by atoms with van der Waals surface area (Å²) >= 11 is -1.79. The number of hydrogen-bond donors (Lipinski definition) is 0. The summed E-state index contributed by atoms with van der Waals surface area (Å²) in [4.78, 5) is 9.38. The number of benzene rings is 6. The average molecular weight is 992 g/mol. The van der Waals surface area contributed by atoms with E-state index in [0.29, 0.717) is 0 Å². The van der Waals surface area contributed by atoms with Gasteiger partial charge in [0.1, 0.15) is 5.58 Å². The van der Waals surface area contributed by atoms with Crippen LogP contribution in [0.1, 0.15) is 26.3 Å². The summed E-state index contributed by atoms with van der Waals surface area (Å²) in [6, 6.07) is 61.6. The predicted molar refractivity (Wildman–Crippen MR) is 242 cm³/mol. The van der Waals surface area contributed by atoms with Crippen LogP contribution in [0.25, 0.3) is 77.8 Å². The molecule has 0 saturated heterocycles. The molecular weight excluding hydrogens is 945 g/mol. The fourth-order valence-electron chi connectivity index (χ4n) is 7.14. The number of aromatic nitrogens is 2. The van der Waals surface area contributed by atoms with Crippen LogP contribution in [0, 0.1) is 12.1 Å². The summed E-state index contributed by atoms with van der Waals surface area (Å²) < 4.78 is 7.91. The van der Waals surface area contributed by atoms with Crippen molar-refractivity contribution in [2.24, 2.45) is 0 Å². The largest absolute Gasteiger partial charge is 0 e. The van der Waals surface area contributed by atoms with Crippen molar-refractivity contribution in [3.8, 4) is 55.9 Å². The molecule has 3 heterocycles. The van der Waals surface area contributed by atoms with Crippen molar-refractivity contribution in [1.29, 1.82) is 0 Å². The second kappa shape index (κ2) is 17.2. The molecule has 0 spiro atoms. The third-order valence-corrected chi connectivity index (χ3v) is 14.7. The van der Waals surface area contributed by atoms with E-state index in [9.17, 15) is 0 Å². The Morgan fingerprint density at radius 3 is 1.93 bits per heavy atom. The molecule has 6 aromatic carbocycles. The van der Waals surface area contributed by atoms with Crippen molar-refractivity contribution < 1.29 is 24.5 Å². The molecular formula is C53H46GeIrN2O-2. The molecule has 0 aliphatic rings. The second-order valence-corrected chi connectivity index (χ2v) is 27.2. The predicted octanol–water partition coefficient (Wildman–Crippen LogP) is 13.8. The van der Waals surface area contributed by atoms with E-state index in [4.69, 9.17) is 9.40 Å². The fourth-order valence-corrected chi connectivity index (χ4v) is 9.31. The van der Waals surface area contributed by atoms with Gasteiger partial charge in [0.05, 0.1) is 5.58 Å². The molecule has 0 fully saturated rings. The SMILES string of the molecule is CC(C)(C)c1cccc(-c2c[c-]c(-c3cc(-c4ccccc4)ccn3)c3oc4ccccc4c23)c1.[CH3][Ge]([CH3])([CH3])[c]1ccc(-c2[c-]ccc(-c3ccccc3)c2)nc1.[Ir]. The van der Waals surface area contributed by atoms with Crippen LogP contribution >= 0.6 is 0 Å². The van der Waals surface area contributed by atoms with Gasteiger partial charge in [-0.2, -0.15) is 0 Å². The van der Waals surface area contributed by atoms with Gasteiger partial charge in [0, 0.05) is 31.7 Å². The standard InChI is InChI=1S/C33H26NO.C20H20GeN.Ir/c1-33(2,3)25-13-9-12-24(20-25)26-16-17-27(32-31(26)28-14-7-8-15-30(28)35-32)29-21-23(18-19-34-29)22-10-5-4-6-11-22;1-21(2,3)19-12-13-20(22-15-19)18-11-7-10-17(14-18)16-8-5-4-6-9-16;/h4-16,18-21H,1-3H3;4-10,12-15H,1-3H3;/q2*-1;. The van der Waals surface area contributed by atoms with E-state index in [1.165, 1.54) is 26.6 Å². The molecule has 289 valence electrons. The molecule has 5 heteroatoms. The molecule has 0 aliphatic carbocycles. The number of nitrogens with zero attached hydrogens (tertiary/aromatic N) is 2. The van der Waals surface area contributed by atoms with E-state index in [0.717, 1.165) is 61.1 Å². The van der Waals surface area contributed by atoms with Gasteiger partial charge in [0.25, 0.3) is 0 Å². The first-order valence-electron chi connectivity index (χ1n) is 19.6. The fraction of sp³-hybridized carbons (Fsp3) is 0.132. The van der Waals surface area contributed by atoms with E-state index in [1.807, 2.05) is 42.6 Å². The molecule has 9 aromatic rings. The van der Waals surface area contributed by atoms with E-state index in [2.05, 4.69) is 183 Å². The van der Waals surface area contributed by atoms with E-state index >= 15 is 0 Å². The van der Waals surface area contributed by atoms with Gasteiger partial charge < -0.3 is 9.40 Å². The Morgan fingerprint density at radius 2 is 1.26 bits per heavy atom. The molecule has 0 aliphatic heterocycles. The van der Waals surface area contributed by atoms with E-state index in [1.54, 1.807) is 0 Å². The van der Waals surface area contributed by atoms with Gasteiger partial charge in [-0.15, -0.1) is 12.1 Å². The van der Waals surface area contributed by atoms with Gasteiger partial charge >= 0.3 is 135 Å². The smallest absolute Gasteiger partial charge is 0 e. The summed E-state index contributed by atoms with van der Waals surface area (Å²) in [5.74, 6) is 7.16. The number of pyridine rings is 2. The Balaban J connectivity index is 0.000000192. The maximum atomic E-state index is 6.47. The number of para-hydroxylation sites is 1. The van der Waals surface area contributed by atoms with Gasteiger partial charge in [-0.05, 0) is 45.3 Å². The number of rotatable bonds is 6. The zero-order valence-electron chi connectivity index (χ0n) is 33.8. The van der Waals surface area contributed by atoms with Crippen molar-refractivity contribution in [1.82, 2.24) is 9.97 Å². The van der Waals surface area contributed by atoms with Crippen LogP contribution in [0.3, 0.4) is 0 Å². The first kappa shape index (κ1) is 40.8. The van der Waals surface area contributed by atoms with Crippen LogP contribution in [0.2, 0.25) is 17.3 Å². The Labute approximate surface area is 359 Å². The Bertz CT molecular complexity index is 2800. The van der Waals surface area contributed by atoms with Crippen LogP contribution in [0.4, 0.5) is 0 Å². The molecule has 9 rings (SSSR count). The van der Waals surface area contributed by atoms with Crippen molar-refractivity contribution >= 4 is 39.6 Å². The van der Waals surface area contributed by atoms with Gasteiger partial charge in [-0.3, -0.25) is 0 Å². The Kier molecular flexibility index (Phi) is 12.1. The minimum atomic E-state index is -1.79. The van der Waals surface area contributed by atoms with Crippen LogP contribution in [-0.2, 0) is 25.5 Å². The zero-order valence-corrected chi connectivity index (χ0v) is 38.3. The summed E-state index contributed by atoms with van der Waals surface area (Å²) in [6.07, 6.45) is 3.92. The Hall–Kier alpha value is -5.39. The molecule has 0 unspecified atom stereocenters. The summed E-state index contributed by atoms with van der Waals surface area (Å²) in [6.45, 7) is 6.74. The molecule has 3 aromatic heterocycles. The first-order valence-corrected chi connectivity index (χ1v) is 26.9. The molecule has 0 saturated carbocycles.